The fraction of sp³-hybridized carbons (Fsp3) is 0.391. The first-order chi connectivity index (χ1) is 15.6. The molecule has 4 heterocycles. The molecule has 0 unspecified atom stereocenters. The van der Waals surface area contributed by atoms with Crippen molar-refractivity contribution in [2.45, 2.75) is 6.54 Å². The van der Waals surface area contributed by atoms with Crippen molar-refractivity contribution in [3.63, 3.8) is 0 Å². The lowest BCUT2D eigenvalue weighted by Gasteiger charge is -2.42. The zero-order valence-electron chi connectivity index (χ0n) is 17.5. The quantitative estimate of drug-likeness (QED) is 0.604. The molecule has 1 aromatic heterocycles. The molecule has 2 saturated heterocycles. The maximum Gasteiger partial charge on any atom is 0.231 e. The zero-order chi connectivity index (χ0) is 21.7. The van der Waals surface area contributed by atoms with E-state index in [1.165, 1.54) is 29.0 Å². The first-order valence-corrected chi connectivity index (χ1v) is 11.6. The Morgan fingerprint density at radius 2 is 1.88 bits per heavy atom. The highest BCUT2D eigenvalue weighted by Crippen LogP contribution is 2.34. The Bertz CT molecular complexity index is 1170. The number of fused-ring (bicyclic) bond motifs is 2. The Hall–Kier alpha value is -2.91. The van der Waals surface area contributed by atoms with Gasteiger partial charge in [0.25, 0.3) is 0 Å². The van der Waals surface area contributed by atoms with Crippen molar-refractivity contribution in [3.05, 3.63) is 47.8 Å². The standard InChI is InChI=1S/C23H23FN4O3S/c24-17-2-3-18-21(10-17)32-23(25-18)28-12-16(13-28)22(29)27-7-5-26(6-8-27)11-15-1-4-19-20(9-15)31-14-30-19/h1-4,9-10,16H,5-8,11-14H2. The molecular weight excluding hydrogens is 431 g/mol. The minimum absolute atomic E-state index is 0.0131. The summed E-state index contributed by atoms with van der Waals surface area (Å²) in [4.78, 5) is 24.0. The van der Waals surface area contributed by atoms with E-state index >= 15 is 0 Å². The van der Waals surface area contributed by atoms with Crippen LogP contribution < -0.4 is 14.4 Å². The van der Waals surface area contributed by atoms with Crippen molar-refractivity contribution in [1.82, 2.24) is 14.8 Å². The number of rotatable bonds is 4. The Kier molecular flexibility index (Phi) is 4.87. The van der Waals surface area contributed by atoms with Gasteiger partial charge in [-0.1, -0.05) is 17.4 Å². The van der Waals surface area contributed by atoms with Gasteiger partial charge in [-0.05, 0) is 35.9 Å². The predicted octanol–water partition coefficient (Wildman–Crippen LogP) is 2.94. The topological polar surface area (TPSA) is 58.1 Å². The number of piperazine rings is 1. The van der Waals surface area contributed by atoms with Crippen LogP contribution in [0.2, 0.25) is 0 Å². The maximum absolute atomic E-state index is 13.4. The highest BCUT2D eigenvalue weighted by atomic mass is 32.1. The number of thiazole rings is 1. The molecule has 32 heavy (non-hydrogen) atoms. The smallest absolute Gasteiger partial charge is 0.231 e. The Morgan fingerprint density at radius 3 is 2.72 bits per heavy atom. The summed E-state index contributed by atoms with van der Waals surface area (Å²) in [5.74, 6) is 1.61. The van der Waals surface area contributed by atoms with Crippen molar-refractivity contribution in [2.75, 3.05) is 51.0 Å². The number of benzene rings is 2. The predicted molar refractivity (Wildman–Crippen MR) is 120 cm³/mol. The van der Waals surface area contributed by atoms with Crippen molar-refractivity contribution in [1.29, 1.82) is 0 Å². The van der Waals surface area contributed by atoms with Gasteiger partial charge >= 0.3 is 0 Å². The maximum atomic E-state index is 13.4. The molecule has 9 heteroatoms. The van der Waals surface area contributed by atoms with Crippen LogP contribution in [0.1, 0.15) is 5.56 Å². The van der Waals surface area contributed by atoms with Crippen LogP contribution in [0.15, 0.2) is 36.4 Å². The number of halogens is 1. The van der Waals surface area contributed by atoms with Gasteiger partial charge in [0.2, 0.25) is 12.7 Å². The van der Waals surface area contributed by atoms with E-state index in [9.17, 15) is 9.18 Å². The molecule has 0 N–H and O–H groups in total. The third kappa shape index (κ3) is 3.65. The first-order valence-electron chi connectivity index (χ1n) is 10.8. The number of carbonyl (C=O) groups is 1. The normalized spacial score (nSPS) is 18.9. The van der Waals surface area contributed by atoms with Crippen LogP contribution in [0.3, 0.4) is 0 Å². The van der Waals surface area contributed by atoms with E-state index in [-0.39, 0.29) is 24.4 Å². The molecule has 2 fully saturated rings. The minimum atomic E-state index is -0.248. The summed E-state index contributed by atoms with van der Waals surface area (Å²) in [6, 6.07) is 10.7. The number of anilines is 1. The number of hydrogen-bond donors (Lipinski definition) is 0. The third-order valence-corrected chi connectivity index (χ3v) is 7.45. The summed E-state index contributed by atoms with van der Waals surface area (Å²) < 4.78 is 25.1. The summed E-state index contributed by atoms with van der Waals surface area (Å²) >= 11 is 1.48. The van der Waals surface area contributed by atoms with Crippen LogP contribution in [0, 0.1) is 11.7 Å². The van der Waals surface area contributed by atoms with Gasteiger partial charge in [0.15, 0.2) is 16.6 Å². The molecule has 2 aromatic carbocycles. The molecule has 7 nitrogen and oxygen atoms in total. The molecule has 0 aliphatic carbocycles. The lowest BCUT2D eigenvalue weighted by molar-refractivity contribution is -0.138. The Morgan fingerprint density at radius 1 is 1.06 bits per heavy atom. The molecular formula is C23H23FN4O3S. The summed E-state index contributed by atoms with van der Waals surface area (Å²) in [6.07, 6.45) is 0. The zero-order valence-corrected chi connectivity index (χ0v) is 18.3. The van der Waals surface area contributed by atoms with Gasteiger partial charge in [-0.15, -0.1) is 0 Å². The molecule has 166 valence electrons. The second kappa shape index (κ2) is 7.90. The minimum Gasteiger partial charge on any atom is -0.454 e. The average molecular weight is 455 g/mol. The molecule has 3 aromatic rings. The number of carbonyl (C=O) groups excluding carboxylic acids is 1. The van der Waals surface area contributed by atoms with E-state index < -0.39 is 0 Å². The van der Waals surface area contributed by atoms with Gasteiger partial charge in [-0.25, -0.2) is 9.37 Å². The SMILES string of the molecule is O=C(C1CN(c2nc3ccc(F)cc3s2)C1)N1CCN(Cc2ccc3c(c2)OCO3)CC1. The molecule has 1 amide bonds. The van der Waals surface area contributed by atoms with E-state index in [1.807, 2.05) is 17.0 Å². The molecule has 0 saturated carbocycles. The van der Waals surface area contributed by atoms with Gasteiger partial charge in [-0.2, -0.15) is 0 Å². The van der Waals surface area contributed by atoms with Crippen LogP contribution in [-0.2, 0) is 11.3 Å². The van der Waals surface area contributed by atoms with Gasteiger partial charge in [-0.3, -0.25) is 9.69 Å². The van der Waals surface area contributed by atoms with Crippen LogP contribution in [0.5, 0.6) is 11.5 Å². The Balaban J connectivity index is 1.00. The van der Waals surface area contributed by atoms with Crippen molar-refractivity contribution in [2.24, 2.45) is 5.92 Å². The van der Waals surface area contributed by atoms with Gasteiger partial charge in [0.05, 0.1) is 16.1 Å². The lowest BCUT2D eigenvalue weighted by Crippen LogP contribution is -2.57. The molecule has 0 atom stereocenters. The number of hydrogen-bond acceptors (Lipinski definition) is 7. The van der Waals surface area contributed by atoms with Gasteiger partial charge < -0.3 is 19.3 Å². The van der Waals surface area contributed by atoms with Gasteiger partial charge in [0, 0.05) is 45.8 Å². The molecule has 3 aliphatic rings. The summed E-state index contributed by atoms with van der Waals surface area (Å²) in [6.45, 7) is 5.71. The molecule has 0 radical (unpaired) electrons. The number of ether oxygens (including phenoxy) is 2. The molecule has 0 spiro atoms. The fourth-order valence-corrected chi connectivity index (χ4v) is 5.50. The molecule has 0 bridgehead atoms. The average Bonchev–Trinajstić information content (AvgIpc) is 3.39. The fourth-order valence-electron chi connectivity index (χ4n) is 4.49. The largest absolute Gasteiger partial charge is 0.454 e. The monoisotopic (exact) mass is 454 g/mol. The van der Waals surface area contributed by atoms with Crippen molar-refractivity contribution in [3.8, 4) is 11.5 Å². The van der Waals surface area contributed by atoms with Crippen LogP contribution >= 0.6 is 11.3 Å². The highest BCUT2D eigenvalue weighted by Gasteiger charge is 2.37. The van der Waals surface area contributed by atoms with Gasteiger partial charge in [0.1, 0.15) is 5.82 Å². The first kappa shape index (κ1) is 19.8. The Labute approximate surface area is 188 Å². The lowest BCUT2D eigenvalue weighted by atomic mass is 9.99. The summed E-state index contributed by atoms with van der Waals surface area (Å²) in [7, 11) is 0. The molecule has 3 aliphatic heterocycles. The number of aromatic nitrogens is 1. The number of amides is 1. The van der Waals surface area contributed by atoms with Crippen LogP contribution in [-0.4, -0.2) is 66.8 Å². The van der Waals surface area contributed by atoms with E-state index in [0.29, 0.717) is 13.1 Å². The van der Waals surface area contributed by atoms with E-state index in [4.69, 9.17) is 9.47 Å². The third-order valence-electron chi connectivity index (χ3n) is 6.37. The van der Waals surface area contributed by atoms with E-state index in [1.54, 1.807) is 6.07 Å². The molecule has 6 rings (SSSR count). The summed E-state index contributed by atoms with van der Waals surface area (Å²) in [5, 5.41) is 0.864. The van der Waals surface area contributed by atoms with E-state index in [2.05, 4.69) is 20.9 Å². The second-order valence-corrected chi connectivity index (χ2v) is 9.51. The second-order valence-electron chi connectivity index (χ2n) is 8.50. The van der Waals surface area contributed by atoms with Crippen molar-refractivity contribution < 1.29 is 18.7 Å². The van der Waals surface area contributed by atoms with Crippen LogP contribution in [0.25, 0.3) is 10.2 Å². The summed E-state index contributed by atoms with van der Waals surface area (Å²) in [5.41, 5.74) is 2.00. The van der Waals surface area contributed by atoms with Crippen LogP contribution in [0.4, 0.5) is 9.52 Å². The highest BCUT2D eigenvalue weighted by molar-refractivity contribution is 7.22. The number of nitrogens with zero attached hydrogens (tertiary/aromatic N) is 4. The van der Waals surface area contributed by atoms with E-state index in [0.717, 1.165) is 59.6 Å². The van der Waals surface area contributed by atoms with Crippen molar-refractivity contribution >= 4 is 32.6 Å².